The van der Waals surface area contributed by atoms with Gasteiger partial charge < -0.3 is 10.2 Å². The lowest BCUT2D eigenvalue weighted by Gasteiger charge is -2.34. The number of rotatable bonds is 11. The molecule has 3 aromatic carbocycles. The van der Waals surface area contributed by atoms with E-state index >= 15 is 0 Å². The van der Waals surface area contributed by atoms with Crippen molar-refractivity contribution in [1.29, 1.82) is 0 Å². The van der Waals surface area contributed by atoms with Crippen molar-refractivity contribution in [1.82, 2.24) is 10.2 Å². The minimum atomic E-state index is -0.656. The van der Waals surface area contributed by atoms with Crippen molar-refractivity contribution in [3.05, 3.63) is 105 Å². The molecule has 0 aromatic heterocycles. The number of halogens is 2. The minimum Gasteiger partial charge on any atom is -0.352 e. The molecule has 1 saturated carbocycles. The van der Waals surface area contributed by atoms with E-state index in [1.54, 1.807) is 17.0 Å². The molecular formula is C33H38Cl2N2O2. The number of nitrogens with zero attached hydrogens (tertiary/aromatic N) is 1. The smallest absolute Gasteiger partial charge is 0.243 e. The highest BCUT2D eigenvalue weighted by molar-refractivity contribution is 6.35. The van der Waals surface area contributed by atoms with Gasteiger partial charge in [-0.05, 0) is 60.1 Å². The Morgan fingerprint density at radius 3 is 2.26 bits per heavy atom. The molecule has 2 amide bonds. The summed E-state index contributed by atoms with van der Waals surface area (Å²) in [4.78, 5) is 29.5. The molecule has 0 aliphatic heterocycles. The lowest BCUT2D eigenvalue weighted by atomic mass is 9.94. The molecule has 1 atom stereocenters. The molecule has 206 valence electrons. The van der Waals surface area contributed by atoms with Crippen LogP contribution in [-0.4, -0.2) is 28.8 Å². The Hall–Kier alpha value is -2.82. The molecule has 0 bridgehead atoms. The van der Waals surface area contributed by atoms with Gasteiger partial charge >= 0.3 is 0 Å². The summed E-state index contributed by atoms with van der Waals surface area (Å²) in [5, 5.41) is 4.31. The maximum absolute atomic E-state index is 13.9. The van der Waals surface area contributed by atoms with Crippen LogP contribution in [0.3, 0.4) is 0 Å². The predicted octanol–water partition coefficient (Wildman–Crippen LogP) is 7.58. The zero-order chi connectivity index (χ0) is 27.6. The van der Waals surface area contributed by atoms with E-state index in [0.717, 1.165) is 48.8 Å². The maximum Gasteiger partial charge on any atom is 0.243 e. The minimum absolute atomic E-state index is 0.0692. The van der Waals surface area contributed by atoms with Crippen LogP contribution in [0.25, 0.3) is 0 Å². The number of carbonyl (C=O) groups excluding carboxylic acids is 2. The highest BCUT2D eigenvalue weighted by Gasteiger charge is 2.32. The van der Waals surface area contributed by atoms with Crippen molar-refractivity contribution >= 4 is 35.0 Å². The average Bonchev–Trinajstić information content (AvgIpc) is 2.96. The third-order valence-electron chi connectivity index (χ3n) is 7.64. The molecule has 39 heavy (non-hydrogen) atoms. The van der Waals surface area contributed by atoms with E-state index in [9.17, 15) is 9.59 Å². The van der Waals surface area contributed by atoms with E-state index in [1.807, 2.05) is 36.4 Å². The first kappa shape index (κ1) is 29.2. The Morgan fingerprint density at radius 2 is 1.59 bits per heavy atom. The number of hydrogen-bond donors (Lipinski definition) is 1. The number of aryl methyl sites for hydroxylation is 2. The fourth-order valence-corrected chi connectivity index (χ4v) is 5.74. The van der Waals surface area contributed by atoms with E-state index in [4.69, 9.17) is 23.2 Å². The zero-order valence-corrected chi connectivity index (χ0v) is 24.2. The van der Waals surface area contributed by atoms with Crippen LogP contribution < -0.4 is 5.32 Å². The SMILES string of the molecule is CCc1ccc(CCC(=O)N(Cc2ccc(Cl)cc2Cl)C(Cc2ccccc2)C(=O)NC2CCCCC2)cc1. The predicted molar refractivity (Wildman–Crippen MR) is 160 cm³/mol. The Bertz CT molecular complexity index is 1220. The van der Waals surface area contributed by atoms with Crippen LogP contribution in [0.4, 0.5) is 0 Å². The van der Waals surface area contributed by atoms with Crippen LogP contribution in [0.2, 0.25) is 10.0 Å². The fraction of sp³-hybridized carbons (Fsp3) is 0.394. The number of nitrogens with one attached hydrogen (secondary N) is 1. The van der Waals surface area contributed by atoms with Crippen molar-refractivity contribution in [2.24, 2.45) is 0 Å². The van der Waals surface area contributed by atoms with Gasteiger partial charge in [0.1, 0.15) is 6.04 Å². The molecule has 1 unspecified atom stereocenters. The Balaban J connectivity index is 1.62. The number of amides is 2. The van der Waals surface area contributed by atoms with Crippen LogP contribution in [0, 0.1) is 0 Å². The first-order valence-electron chi connectivity index (χ1n) is 14.1. The number of benzene rings is 3. The van der Waals surface area contributed by atoms with Crippen LogP contribution in [0.5, 0.6) is 0 Å². The molecule has 0 radical (unpaired) electrons. The van der Waals surface area contributed by atoms with Crippen molar-refractivity contribution in [3.8, 4) is 0 Å². The largest absolute Gasteiger partial charge is 0.352 e. The second kappa shape index (κ2) is 14.5. The molecule has 0 heterocycles. The van der Waals surface area contributed by atoms with Gasteiger partial charge in [-0.25, -0.2) is 0 Å². The summed E-state index contributed by atoms with van der Waals surface area (Å²) >= 11 is 12.7. The summed E-state index contributed by atoms with van der Waals surface area (Å²) < 4.78 is 0. The highest BCUT2D eigenvalue weighted by atomic mass is 35.5. The molecule has 3 aromatic rings. The van der Waals surface area contributed by atoms with E-state index in [-0.39, 0.29) is 24.4 Å². The quantitative estimate of drug-likeness (QED) is 0.261. The van der Waals surface area contributed by atoms with Crippen molar-refractivity contribution in [2.45, 2.75) is 83.3 Å². The van der Waals surface area contributed by atoms with E-state index in [0.29, 0.717) is 29.3 Å². The number of carbonyl (C=O) groups is 2. The lowest BCUT2D eigenvalue weighted by Crippen LogP contribution is -2.53. The fourth-order valence-electron chi connectivity index (χ4n) is 5.27. The molecular weight excluding hydrogens is 527 g/mol. The lowest BCUT2D eigenvalue weighted by molar-refractivity contribution is -0.141. The first-order valence-corrected chi connectivity index (χ1v) is 14.8. The molecule has 4 rings (SSSR count). The van der Waals surface area contributed by atoms with Gasteiger partial charge in [0.05, 0.1) is 0 Å². The van der Waals surface area contributed by atoms with Crippen LogP contribution in [0.1, 0.15) is 67.7 Å². The van der Waals surface area contributed by atoms with Gasteiger partial charge in [-0.15, -0.1) is 0 Å². The van der Waals surface area contributed by atoms with Crippen molar-refractivity contribution in [2.75, 3.05) is 0 Å². The van der Waals surface area contributed by atoms with E-state index in [1.165, 1.54) is 12.0 Å². The van der Waals surface area contributed by atoms with Crippen LogP contribution in [0.15, 0.2) is 72.8 Å². The maximum atomic E-state index is 13.9. The monoisotopic (exact) mass is 564 g/mol. The molecule has 1 N–H and O–H groups in total. The number of hydrogen-bond acceptors (Lipinski definition) is 2. The third-order valence-corrected chi connectivity index (χ3v) is 8.22. The Kier molecular flexibility index (Phi) is 10.9. The third kappa shape index (κ3) is 8.58. The second-order valence-corrected chi connectivity index (χ2v) is 11.3. The van der Waals surface area contributed by atoms with E-state index < -0.39 is 6.04 Å². The topological polar surface area (TPSA) is 49.4 Å². The average molecular weight is 566 g/mol. The highest BCUT2D eigenvalue weighted by Crippen LogP contribution is 2.25. The van der Waals surface area contributed by atoms with Gasteiger partial charge in [0.25, 0.3) is 0 Å². The van der Waals surface area contributed by atoms with Gasteiger partial charge in [0.15, 0.2) is 0 Å². The zero-order valence-electron chi connectivity index (χ0n) is 22.7. The summed E-state index contributed by atoms with van der Waals surface area (Å²) in [7, 11) is 0. The summed E-state index contributed by atoms with van der Waals surface area (Å²) in [5.74, 6) is -0.170. The molecule has 4 nitrogen and oxygen atoms in total. The van der Waals surface area contributed by atoms with Gasteiger partial charge in [-0.1, -0.05) is 110 Å². The van der Waals surface area contributed by atoms with E-state index in [2.05, 4.69) is 36.5 Å². The van der Waals surface area contributed by atoms with Crippen LogP contribution in [-0.2, 0) is 35.4 Å². The Labute approximate surface area is 242 Å². The van der Waals surface area contributed by atoms with Gasteiger partial charge in [0.2, 0.25) is 11.8 Å². The molecule has 6 heteroatoms. The summed E-state index contributed by atoms with van der Waals surface area (Å²) in [6, 6.07) is 23.1. The summed E-state index contributed by atoms with van der Waals surface area (Å²) in [6.07, 6.45) is 7.73. The second-order valence-electron chi connectivity index (χ2n) is 10.5. The van der Waals surface area contributed by atoms with Gasteiger partial charge in [-0.2, -0.15) is 0 Å². The van der Waals surface area contributed by atoms with Gasteiger partial charge in [0, 0.05) is 35.5 Å². The molecule has 0 spiro atoms. The molecule has 1 aliphatic rings. The summed E-state index contributed by atoms with van der Waals surface area (Å²) in [6.45, 7) is 2.36. The van der Waals surface area contributed by atoms with Crippen molar-refractivity contribution < 1.29 is 9.59 Å². The van der Waals surface area contributed by atoms with Crippen molar-refractivity contribution in [3.63, 3.8) is 0 Å². The first-order chi connectivity index (χ1) is 18.9. The molecule has 1 fully saturated rings. The standard InChI is InChI=1S/C33H38Cl2N2O2/c1-2-24-13-15-25(16-14-24)17-20-32(38)37(23-27-18-19-28(34)22-30(27)35)31(21-26-9-5-3-6-10-26)33(39)36-29-11-7-4-8-12-29/h3,5-6,9-10,13-16,18-19,22,29,31H,2,4,7-8,11-12,17,20-21,23H2,1H3,(H,36,39). The van der Waals surface area contributed by atoms with Crippen LogP contribution >= 0.6 is 23.2 Å². The molecule has 1 aliphatic carbocycles. The Morgan fingerprint density at radius 1 is 0.897 bits per heavy atom. The molecule has 0 saturated heterocycles. The van der Waals surface area contributed by atoms with Gasteiger partial charge in [-0.3, -0.25) is 9.59 Å². The normalized spacial score (nSPS) is 14.5. The summed E-state index contributed by atoms with van der Waals surface area (Å²) in [5.41, 5.74) is 4.16.